The van der Waals surface area contributed by atoms with E-state index in [1.165, 1.54) is 17.0 Å². The Kier molecular flexibility index (Phi) is 6.82. The predicted molar refractivity (Wildman–Crippen MR) is 100 cm³/mol. The SMILES string of the molecule is COC(=O)C(CCn1ccnc1[N+](=O)[O-])NS(=O)(=O)c1cc(Cl)c(N)c(Cl)c1. The normalized spacial score (nSPS) is 12.5. The van der Waals surface area contributed by atoms with Crippen LogP contribution in [0.15, 0.2) is 29.4 Å². The molecule has 1 heterocycles. The zero-order valence-corrected chi connectivity index (χ0v) is 16.7. The zero-order valence-electron chi connectivity index (χ0n) is 14.3. The molecule has 1 unspecified atom stereocenters. The van der Waals surface area contributed by atoms with Crippen molar-refractivity contribution in [1.82, 2.24) is 14.3 Å². The van der Waals surface area contributed by atoms with Crippen molar-refractivity contribution >= 4 is 50.8 Å². The number of hydrogen-bond donors (Lipinski definition) is 2. The number of ether oxygens (including phenoxy) is 1. The van der Waals surface area contributed by atoms with Gasteiger partial charge in [0.2, 0.25) is 10.0 Å². The third-order valence-electron chi connectivity index (χ3n) is 3.66. The Bertz CT molecular complexity index is 986. The summed E-state index contributed by atoms with van der Waals surface area (Å²) in [7, 11) is -3.14. The number of nitrogens with zero attached hydrogens (tertiary/aromatic N) is 3. The molecular weight excluding hydrogens is 437 g/mol. The largest absolute Gasteiger partial charge is 0.468 e. The van der Waals surface area contributed by atoms with E-state index in [9.17, 15) is 23.3 Å². The van der Waals surface area contributed by atoms with Gasteiger partial charge in [-0.2, -0.15) is 4.72 Å². The van der Waals surface area contributed by atoms with Crippen LogP contribution >= 0.6 is 23.2 Å². The maximum atomic E-state index is 12.6. The third-order valence-corrected chi connectivity index (χ3v) is 5.74. The number of nitrogens with two attached hydrogens (primary N) is 1. The van der Waals surface area contributed by atoms with Crippen LogP contribution in [0.4, 0.5) is 11.6 Å². The van der Waals surface area contributed by atoms with E-state index in [1.54, 1.807) is 0 Å². The summed E-state index contributed by atoms with van der Waals surface area (Å²) in [6.07, 6.45) is 2.41. The van der Waals surface area contributed by atoms with Gasteiger partial charge in [0.1, 0.15) is 18.4 Å². The molecule has 0 fully saturated rings. The first-order valence-corrected chi connectivity index (χ1v) is 9.81. The number of anilines is 1. The van der Waals surface area contributed by atoms with Crippen molar-refractivity contribution in [3.8, 4) is 0 Å². The summed E-state index contributed by atoms with van der Waals surface area (Å²) < 4.78 is 33.2. The van der Waals surface area contributed by atoms with Crippen molar-refractivity contribution in [2.45, 2.75) is 23.9 Å². The maximum Gasteiger partial charge on any atom is 0.434 e. The summed E-state index contributed by atoms with van der Waals surface area (Å²) in [6.45, 7) is -0.0676. The van der Waals surface area contributed by atoms with Crippen molar-refractivity contribution in [1.29, 1.82) is 0 Å². The van der Waals surface area contributed by atoms with Crippen LogP contribution in [0, 0.1) is 10.1 Å². The number of carbonyl (C=O) groups is 1. The maximum absolute atomic E-state index is 12.6. The van der Waals surface area contributed by atoms with E-state index in [2.05, 4.69) is 14.4 Å². The van der Waals surface area contributed by atoms with Gasteiger partial charge in [-0.25, -0.2) is 13.0 Å². The van der Waals surface area contributed by atoms with E-state index in [0.717, 1.165) is 19.2 Å². The second-order valence-electron chi connectivity index (χ2n) is 5.46. The number of benzene rings is 1. The lowest BCUT2D eigenvalue weighted by Gasteiger charge is -2.17. The molecule has 28 heavy (non-hydrogen) atoms. The van der Waals surface area contributed by atoms with Crippen LogP contribution in [0.3, 0.4) is 0 Å². The minimum atomic E-state index is -4.23. The molecule has 0 bridgehead atoms. The Morgan fingerprint density at radius 1 is 1.43 bits per heavy atom. The summed E-state index contributed by atoms with van der Waals surface area (Å²) in [6, 6.07) is 0.840. The van der Waals surface area contributed by atoms with Crippen LogP contribution in [-0.4, -0.2) is 42.0 Å². The molecule has 1 atom stereocenters. The molecule has 0 amide bonds. The van der Waals surface area contributed by atoms with E-state index >= 15 is 0 Å². The lowest BCUT2D eigenvalue weighted by Crippen LogP contribution is -2.42. The quantitative estimate of drug-likeness (QED) is 0.264. The van der Waals surface area contributed by atoms with Gasteiger partial charge in [-0.15, -0.1) is 0 Å². The molecule has 1 aromatic carbocycles. The van der Waals surface area contributed by atoms with Gasteiger partial charge in [0, 0.05) is 6.42 Å². The Balaban J connectivity index is 2.25. The molecular formula is C14H15Cl2N5O6S. The molecule has 2 aromatic rings. The predicted octanol–water partition coefficient (Wildman–Crippen LogP) is 1.59. The van der Waals surface area contributed by atoms with Gasteiger partial charge in [0.05, 0.1) is 34.3 Å². The number of hydrogen-bond acceptors (Lipinski definition) is 8. The molecule has 0 saturated carbocycles. The highest BCUT2D eigenvalue weighted by atomic mass is 35.5. The van der Waals surface area contributed by atoms with Crippen LogP contribution in [0.1, 0.15) is 6.42 Å². The van der Waals surface area contributed by atoms with Gasteiger partial charge < -0.3 is 20.6 Å². The number of nitro groups is 1. The molecule has 0 aliphatic heterocycles. The highest BCUT2D eigenvalue weighted by Crippen LogP contribution is 2.30. The summed E-state index contributed by atoms with van der Waals surface area (Å²) >= 11 is 11.7. The first-order chi connectivity index (χ1) is 13.1. The molecule has 11 nitrogen and oxygen atoms in total. The minimum absolute atomic E-state index is 0.0132. The Morgan fingerprint density at radius 3 is 2.57 bits per heavy atom. The van der Waals surface area contributed by atoms with Gasteiger partial charge in [-0.3, -0.25) is 4.79 Å². The number of esters is 1. The fourth-order valence-electron chi connectivity index (χ4n) is 2.25. The summed E-state index contributed by atoms with van der Waals surface area (Å²) in [5.41, 5.74) is 5.60. The fraction of sp³-hybridized carbons (Fsp3) is 0.286. The van der Waals surface area contributed by atoms with E-state index < -0.39 is 32.9 Å². The topological polar surface area (TPSA) is 159 Å². The van der Waals surface area contributed by atoms with Crippen LogP contribution in [0.5, 0.6) is 0 Å². The van der Waals surface area contributed by atoms with Crippen LogP contribution in [0.2, 0.25) is 10.0 Å². The number of nitrogen functional groups attached to an aromatic ring is 1. The van der Waals surface area contributed by atoms with Gasteiger partial charge >= 0.3 is 11.9 Å². The molecule has 2 rings (SSSR count). The van der Waals surface area contributed by atoms with E-state index in [0.29, 0.717) is 0 Å². The lowest BCUT2D eigenvalue weighted by molar-refractivity contribution is -0.396. The summed E-state index contributed by atoms with van der Waals surface area (Å²) in [4.78, 5) is 25.5. The highest BCUT2D eigenvalue weighted by Gasteiger charge is 2.28. The zero-order chi connectivity index (χ0) is 21.1. The number of carbonyl (C=O) groups excluding carboxylic acids is 1. The van der Waals surface area contributed by atoms with Crippen LogP contribution in [0.25, 0.3) is 0 Å². The van der Waals surface area contributed by atoms with Gasteiger partial charge in [0.25, 0.3) is 0 Å². The highest BCUT2D eigenvalue weighted by molar-refractivity contribution is 7.89. The van der Waals surface area contributed by atoms with E-state index in [1.807, 2.05) is 0 Å². The van der Waals surface area contributed by atoms with E-state index in [4.69, 9.17) is 28.9 Å². The number of sulfonamides is 1. The van der Waals surface area contributed by atoms with Crippen LogP contribution in [-0.2, 0) is 26.1 Å². The van der Waals surface area contributed by atoms with Crippen molar-refractivity contribution in [3.05, 3.63) is 44.7 Å². The number of methoxy groups -OCH3 is 1. The number of imidazole rings is 1. The van der Waals surface area contributed by atoms with Crippen LogP contribution < -0.4 is 10.5 Å². The first kappa shape index (κ1) is 21.9. The van der Waals surface area contributed by atoms with Crippen molar-refractivity contribution < 1.29 is 22.9 Å². The smallest absolute Gasteiger partial charge is 0.434 e. The summed E-state index contributed by atoms with van der Waals surface area (Å²) in [5, 5.41) is 10.8. The summed E-state index contributed by atoms with van der Waals surface area (Å²) in [5.74, 6) is -1.32. The van der Waals surface area contributed by atoms with E-state index in [-0.39, 0.29) is 33.6 Å². The standard InChI is InChI=1S/C14H15Cl2N5O6S/c1-27-13(22)11(2-4-20-5-3-18-14(20)21(23)24)19-28(25,26)8-6-9(15)12(17)10(16)7-8/h3,5-7,11,19H,2,4,17H2,1H3. The van der Waals surface area contributed by atoms with Gasteiger partial charge in [-0.1, -0.05) is 28.2 Å². The molecule has 152 valence electrons. The Morgan fingerprint density at radius 2 is 2.04 bits per heavy atom. The molecule has 0 radical (unpaired) electrons. The molecule has 14 heteroatoms. The molecule has 0 saturated heterocycles. The number of aromatic nitrogens is 2. The number of halogens is 2. The minimum Gasteiger partial charge on any atom is -0.468 e. The molecule has 0 aliphatic carbocycles. The third kappa shape index (κ3) is 4.90. The second kappa shape index (κ2) is 8.73. The average molecular weight is 452 g/mol. The Hall–Kier alpha value is -2.41. The molecule has 1 aromatic heterocycles. The van der Waals surface area contributed by atoms with Gasteiger partial charge in [0.15, 0.2) is 0 Å². The van der Waals surface area contributed by atoms with Crippen molar-refractivity contribution in [2.24, 2.45) is 0 Å². The van der Waals surface area contributed by atoms with Crippen molar-refractivity contribution in [3.63, 3.8) is 0 Å². The Labute approximate surface area is 169 Å². The fourth-order valence-corrected chi connectivity index (χ4v) is 4.14. The molecule has 3 N–H and O–H groups in total. The first-order valence-electron chi connectivity index (χ1n) is 7.57. The van der Waals surface area contributed by atoms with Crippen molar-refractivity contribution in [2.75, 3.05) is 12.8 Å². The number of nitrogens with one attached hydrogen (secondary N) is 1. The molecule has 0 spiro atoms. The number of rotatable bonds is 8. The second-order valence-corrected chi connectivity index (χ2v) is 7.99. The monoisotopic (exact) mass is 451 g/mol. The average Bonchev–Trinajstić information content (AvgIpc) is 3.10. The lowest BCUT2D eigenvalue weighted by atomic mass is 10.2. The van der Waals surface area contributed by atoms with Gasteiger partial charge in [-0.05, 0) is 17.1 Å². The molecule has 0 aliphatic rings. The number of aryl methyl sites for hydroxylation is 1.